The van der Waals surface area contributed by atoms with Gasteiger partial charge in [0.2, 0.25) is 5.95 Å². The Morgan fingerprint density at radius 1 is 1.42 bits per heavy atom. The Hall–Kier alpha value is -1.07. The summed E-state index contributed by atoms with van der Waals surface area (Å²) in [5.41, 5.74) is 1.16. The molecule has 1 aliphatic rings. The molecule has 108 valence electrons. The first-order chi connectivity index (χ1) is 9.26. The second-order valence-electron chi connectivity index (χ2n) is 5.19. The Bertz CT molecular complexity index is 383. The molecule has 1 fully saturated rings. The first-order valence-electron chi connectivity index (χ1n) is 7.28. The van der Waals surface area contributed by atoms with Crippen LogP contribution in [0.25, 0.3) is 0 Å². The number of hydrogen-bond donors (Lipinski definition) is 1. The van der Waals surface area contributed by atoms with Crippen molar-refractivity contribution in [3.05, 3.63) is 11.9 Å². The third-order valence-electron chi connectivity index (χ3n) is 3.63. The lowest BCUT2D eigenvalue weighted by Crippen LogP contribution is -2.31. The van der Waals surface area contributed by atoms with Crippen molar-refractivity contribution in [1.82, 2.24) is 14.9 Å². The summed E-state index contributed by atoms with van der Waals surface area (Å²) in [6.07, 6.45) is 4.33. The highest BCUT2D eigenvalue weighted by Gasteiger charge is 2.19. The molecule has 1 aliphatic heterocycles. The number of rotatable bonds is 5. The lowest BCUT2D eigenvalue weighted by atomic mass is 10.3. The van der Waals surface area contributed by atoms with E-state index in [2.05, 4.69) is 34.8 Å². The van der Waals surface area contributed by atoms with Crippen LogP contribution in [0, 0.1) is 0 Å². The van der Waals surface area contributed by atoms with Gasteiger partial charge in [-0.3, -0.25) is 0 Å². The van der Waals surface area contributed by atoms with Crippen molar-refractivity contribution in [2.24, 2.45) is 0 Å². The number of nitrogens with one attached hydrogen (secondary N) is 1. The molecule has 5 heteroatoms. The van der Waals surface area contributed by atoms with E-state index in [1.807, 2.05) is 0 Å². The Morgan fingerprint density at radius 3 is 3.00 bits per heavy atom. The smallest absolute Gasteiger partial charge is 0.206 e. The predicted octanol–water partition coefficient (Wildman–Crippen LogP) is 1.45. The highest BCUT2D eigenvalue weighted by molar-refractivity contribution is 5.34. The van der Waals surface area contributed by atoms with Crippen LogP contribution >= 0.6 is 0 Å². The van der Waals surface area contributed by atoms with E-state index >= 15 is 0 Å². The molecule has 1 saturated heterocycles. The molecular weight excluding hydrogens is 240 g/mol. The highest BCUT2D eigenvalue weighted by atomic mass is 16.5. The molecule has 0 radical (unpaired) electrons. The Kier molecular flexibility index (Phi) is 5.22. The molecule has 2 heterocycles. The SMILES string of the molecule is CCc1cn(C(C)COC)c(N2CCCNCC2)n1. The number of methoxy groups -OCH3 is 1. The molecule has 2 rings (SSSR count). The summed E-state index contributed by atoms with van der Waals surface area (Å²) in [4.78, 5) is 7.20. The molecule has 0 saturated carbocycles. The largest absolute Gasteiger partial charge is 0.383 e. The van der Waals surface area contributed by atoms with Crippen molar-refractivity contribution in [1.29, 1.82) is 0 Å². The van der Waals surface area contributed by atoms with Crippen LogP contribution in [0.4, 0.5) is 5.95 Å². The average Bonchev–Trinajstić information content (AvgIpc) is 2.66. The van der Waals surface area contributed by atoms with E-state index in [0.717, 1.165) is 50.8 Å². The number of nitrogens with zero attached hydrogens (tertiary/aromatic N) is 3. The summed E-state index contributed by atoms with van der Waals surface area (Å²) >= 11 is 0. The molecule has 1 N–H and O–H groups in total. The first-order valence-corrected chi connectivity index (χ1v) is 7.28. The summed E-state index contributed by atoms with van der Waals surface area (Å²) in [5, 5.41) is 3.44. The summed E-state index contributed by atoms with van der Waals surface area (Å²) in [6.45, 7) is 9.30. The lowest BCUT2D eigenvalue weighted by molar-refractivity contribution is 0.162. The van der Waals surface area contributed by atoms with Crippen molar-refractivity contribution in [3.8, 4) is 0 Å². The molecule has 5 nitrogen and oxygen atoms in total. The van der Waals surface area contributed by atoms with Gasteiger partial charge in [0.05, 0.1) is 18.3 Å². The minimum Gasteiger partial charge on any atom is -0.383 e. The van der Waals surface area contributed by atoms with Crippen LogP contribution in [0.1, 0.15) is 32.0 Å². The maximum atomic E-state index is 5.29. The third-order valence-corrected chi connectivity index (χ3v) is 3.63. The van der Waals surface area contributed by atoms with E-state index < -0.39 is 0 Å². The number of aromatic nitrogens is 2. The average molecular weight is 266 g/mol. The summed E-state index contributed by atoms with van der Waals surface area (Å²) < 4.78 is 7.56. The Labute approximate surface area is 116 Å². The predicted molar refractivity (Wildman–Crippen MR) is 77.9 cm³/mol. The van der Waals surface area contributed by atoms with Crippen molar-refractivity contribution >= 4 is 5.95 Å². The number of imidazole rings is 1. The number of aryl methyl sites for hydroxylation is 1. The molecule has 0 spiro atoms. The highest BCUT2D eigenvalue weighted by Crippen LogP contribution is 2.21. The van der Waals surface area contributed by atoms with Crippen LogP contribution in [0.2, 0.25) is 0 Å². The normalized spacial score (nSPS) is 18.4. The molecule has 1 aromatic rings. The third kappa shape index (κ3) is 3.48. The maximum absolute atomic E-state index is 5.29. The van der Waals surface area contributed by atoms with Gasteiger partial charge in [0.25, 0.3) is 0 Å². The van der Waals surface area contributed by atoms with Gasteiger partial charge in [-0.1, -0.05) is 6.92 Å². The molecular formula is C14H26N4O. The van der Waals surface area contributed by atoms with Gasteiger partial charge in [-0.15, -0.1) is 0 Å². The second-order valence-corrected chi connectivity index (χ2v) is 5.19. The van der Waals surface area contributed by atoms with Gasteiger partial charge in [0.15, 0.2) is 0 Å². The monoisotopic (exact) mass is 266 g/mol. The molecule has 1 unspecified atom stereocenters. The maximum Gasteiger partial charge on any atom is 0.206 e. The number of hydrogen-bond acceptors (Lipinski definition) is 4. The topological polar surface area (TPSA) is 42.3 Å². The number of anilines is 1. The second kappa shape index (κ2) is 6.91. The van der Waals surface area contributed by atoms with E-state index in [1.165, 1.54) is 6.42 Å². The van der Waals surface area contributed by atoms with Gasteiger partial charge < -0.3 is 19.5 Å². The van der Waals surface area contributed by atoms with E-state index in [1.54, 1.807) is 7.11 Å². The molecule has 1 aromatic heterocycles. The molecule has 0 bridgehead atoms. The summed E-state index contributed by atoms with van der Waals surface area (Å²) in [6, 6.07) is 0.323. The van der Waals surface area contributed by atoms with E-state index in [-0.39, 0.29) is 0 Å². The minimum absolute atomic E-state index is 0.323. The van der Waals surface area contributed by atoms with Crippen molar-refractivity contribution < 1.29 is 4.74 Å². The van der Waals surface area contributed by atoms with Crippen LogP contribution in [-0.2, 0) is 11.2 Å². The molecule has 0 aromatic carbocycles. The minimum atomic E-state index is 0.323. The fraction of sp³-hybridized carbons (Fsp3) is 0.786. The van der Waals surface area contributed by atoms with Gasteiger partial charge in [-0.2, -0.15) is 0 Å². The van der Waals surface area contributed by atoms with Crippen LogP contribution in [-0.4, -0.2) is 49.4 Å². The van der Waals surface area contributed by atoms with Crippen molar-refractivity contribution in [3.63, 3.8) is 0 Å². The summed E-state index contributed by atoms with van der Waals surface area (Å²) in [7, 11) is 1.75. The van der Waals surface area contributed by atoms with Gasteiger partial charge in [0.1, 0.15) is 0 Å². The fourth-order valence-electron chi connectivity index (χ4n) is 2.53. The van der Waals surface area contributed by atoms with Crippen LogP contribution in [0.3, 0.4) is 0 Å². The van der Waals surface area contributed by atoms with E-state index in [9.17, 15) is 0 Å². The standard InChI is InChI=1S/C14H26N4O/c1-4-13-10-18(12(2)11-19-3)14(16-13)17-8-5-6-15-7-9-17/h10,12,15H,4-9,11H2,1-3H3. The van der Waals surface area contributed by atoms with Crippen LogP contribution in [0.15, 0.2) is 6.20 Å². The Morgan fingerprint density at radius 2 is 2.26 bits per heavy atom. The van der Waals surface area contributed by atoms with E-state index in [4.69, 9.17) is 9.72 Å². The quantitative estimate of drug-likeness (QED) is 0.876. The zero-order chi connectivity index (χ0) is 13.7. The lowest BCUT2D eigenvalue weighted by Gasteiger charge is -2.24. The van der Waals surface area contributed by atoms with Gasteiger partial charge in [-0.05, 0) is 26.3 Å². The van der Waals surface area contributed by atoms with Crippen LogP contribution < -0.4 is 10.2 Å². The molecule has 1 atom stereocenters. The first kappa shape index (κ1) is 14.3. The van der Waals surface area contributed by atoms with Gasteiger partial charge in [0, 0.05) is 32.9 Å². The zero-order valence-electron chi connectivity index (χ0n) is 12.4. The van der Waals surface area contributed by atoms with Gasteiger partial charge >= 0.3 is 0 Å². The number of ether oxygens (including phenoxy) is 1. The molecule has 0 amide bonds. The van der Waals surface area contributed by atoms with E-state index in [0.29, 0.717) is 6.04 Å². The van der Waals surface area contributed by atoms with Crippen molar-refractivity contribution in [2.75, 3.05) is 44.8 Å². The van der Waals surface area contributed by atoms with Crippen molar-refractivity contribution in [2.45, 2.75) is 32.7 Å². The fourth-order valence-corrected chi connectivity index (χ4v) is 2.53. The Balaban J connectivity index is 2.23. The summed E-state index contributed by atoms with van der Waals surface area (Å²) in [5.74, 6) is 1.10. The van der Waals surface area contributed by atoms with Crippen LogP contribution in [0.5, 0.6) is 0 Å². The zero-order valence-corrected chi connectivity index (χ0v) is 12.4. The molecule has 19 heavy (non-hydrogen) atoms. The molecule has 0 aliphatic carbocycles. The van der Waals surface area contributed by atoms with Gasteiger partial charge in [-0.25, -0.2) is 4.98 Å².